The minimum atomic E-state index is -1.29. The van der Waals surface area contributed by atoms with Gasteiger partial charge in [-0.2, -0.15) is 0 Å². The average Bonchev–Trinajstić information content (AvgIpc) is 2.70. The molecule has 0 saturated heterocycles. The van der Waals surface area contributed by atoms with Crippen LogP contribution in [0.2, 0.25) is 0 Å². The number of carbonyl (C=O) groups is 4. The summed E-state index contributed by atoms with van der Waals surface area (Å²) < 4.78 is 4.86. The smallest absolute Gasteiger partial charge is 0.339 e. The van der Waals surface area contributed by atoms with Crippen molar-refractivity contribution in [1.82, 2.24) is 0 Å². The summed E-state index contributed by atoms with van der Waals surface area (Å²) in [7, 11) is 0. The van der Waals surface area contributed by atoms with Crippen LogP contribution in [-0.4, -0.2) is 28.9 Å². The van der Waals surface area contributed by atoms with Gasteiger partial charge in [-0.3, -0.25) is 14.4 Å². The van der Waals surface area contributed by atoms with Crippen molar-refractivity contribution < 1.29 is 29.0 Å². The molecule has 0 saturated carbocycles. The Hall–Kier alpha value is -3.68. The Morgan fingerprint density at radius 3 is 2.07 bits per heavy atom. The minimum Gasteiger partial charge on any atom is -0.478 e. The summed E-state index contributed by atoms with van der Waals surface area (Å²) in [5, 5.41) is 14.7. The summed E-state index contributed by atoms with van der Waals surface area (Å²) in [6.45, 7) is 5.07. The first kappa shape index (κ1) is 22.6. The van der Waals surface area contributed by atoms with Gasteiger partial charge in [0.25, 0.3) is 5.91 Å². The zero-order valence-electron chi connectivity index (χ0n) is 17.0. The molecule has 0 aliphatic rings. The largest absolute Gasteiger partial charge is 0.478 e. The quantitative estimate of drug-likeness (QED) is 0.446. The van der Waals surface area contributed by atoms with Crippen LogP contribution in [-0.2, 0) is 9.59 Å². The summed E-state index contributed by atoms with van der Waals surface area (Å²) in [6.07, 6.45) is 1.49. The van der Waals surface area contributed by atoms with Gasteiger partial charge in [-0.1, -0.05) is 13.8 Å². The van der Waals surface area contributed by atoms with Crippen molar-refractivity contribution in [2.75, 3.05) is 10.6 Å². The standard InChI is InChI=1S/C22H24N2O6/c1-4-14(5-2)20(26)23-16-8-6-15(7-9-16)21(27)24-17-10-11-19(30-13(3)25)18(12-17)22(28)29/h6-12,14H,4-5H2,1-3H3,(H,23,26)(H,24,27)(H,28,29). The number of amides is 2. The van der Waals surface area contributed by atoms with Gasteiger partial charge in [0, 0.05) is 29.8 Å². The average molecular weight is 412 g/mol. The number of hydrogen-bond donors (Lipinski definition) is 3. The number of aromatic carboxylic acids is 1. The van der Waals surface area contributed by atoms with E-state index in [-0.39, 0.29) is 28.8 Å². The highest BCUT2D eigenvalue weighted by molar-refractivity contribution is 6.05. The van der Waals surface area contributed by atoms with E-state index in [0.29, 0.717) is 11.3 Å². The highest BCUT2D eigenvalue weighted by Crippen LogP contribution is 2.24. The lowest BCUT2D eigenvalue weighted by Gasteiger charge is -2.13. The zero-order valence-corrected chi connectivity index (χ0v) is 17.0. The molecule has 0 unspecified atom stereocenters. The zero-order chi connectivity index (χ0) is 22.3. The Balaban J connectivity index is 2.10. The normalized spacial score (nSPS) is 10.4. The van der Waals surface area contributed by atoms with Crippen LogP contribution in [0.15, 0.2) is 42.5 Å². The fraction of sp³-hybridized carbons (Fsp3) is 0.273. The minimum absolute atomic E-state index is 0.0636. The Labute approximate surface area is 174 Å². The van der Waals surface area contributed by atoms with E-state index < -0.39 is 17.8 Å². The van der Waals surface area contributed by atoms with Crippen molar-refractivity contribution >= 4 is 35.1 Å². The fourth-order valence-electron chi connectivity index (χ4n) is 2.83. The molecular formula is C22H24N2O6. The van der Waals surface area contributed by atoms with Crippen molar-refractivity contribution in [2.45, 2.75) is 33.6 Å². The van der Waals surface area contributed by atoms with E-state index in [9.17, 15) is 24.3 Å². The molecule has 2 rings (SSSR count). The summed E-state index contributed by atoms with van der Waals surface area (Å²) in [5.41, 5.74) is 0.903. The molecule has 0 aliphatic heterocycles. The molecule has 8 heteroatoms. The molecule has 0 atom stereocenters. The number of hydrogen-bond acceptors (Lipinski definition) is 5. The van der Waals surface area contributed by atoms with Gasteiger partial charge >= 0.3 is 11.9 Å². The van der Waals surface area contributed by atoms with E-state index in [1.807, 2.05) is 13.8 Å². The molecule has 3 N–H and O–H groups in total. The van der Waals surface area contributed by atoms with Crippen LogP contribution in [0.25, 0.3) is 0 Å². The van der Waals surface area contributed by atoms with Crippen molar-refractivity contribution in [2.24, 2.45) is 5.92 Å². The second kappa shape index (κ2) is 10.2. The second-order valence-corrected chi connectivity index (χ2v) is 6.64. The Morgan fingerprint density at radius 2 is 1.53 bits per heavy atom. The number of carbonyl (C=O) groups excluding carboxylic acids is 3. The summed E-state index contributed by atoms with van der Waals surface area (Å²) >= 11 is 0. The van der Waals surface area contributed by atoms with Crippen LogP contribution < -0.4 is 15.4 Å². The van der Waals surface area contributed by atoms with E-state index in [1.165, 1.54) is 18.2 Å². The number of anilines is 2. The molecule has 158 valence electrons. The van der Waals surface area contributed by atoms with Crippen LogP contribution in [0.4, 0.5) is 11.4 Å². The lowest BCUT2D eigenvalue weighted by molar-refractivity contribution is -0.131. The molecule has 30 heavy (non-hydrogen) atoms. The van der Waals surface area contributed by atoms with Crippen molar-refractivity contribution in [3.05, 3.63) is 53.6 Å². The highest BCUT2D eigenvalue weighted by Gasteiger charge is 2.16. The van der Waals surface area contributed by atoms with Crippen LogP contribution >= 0.6 is 0 Å². The van der Waals surface area contributed by atoms with E-state index in [1.54, 1.807) is 24.3 Å². The Kier molecular flexibility index (Phi) is 7.69. The predicted molar refractivity (Wildman–Crippen MR) is 112 cm³/mol. The van der Waals surface area contributed by atoms with Gasteiger partial charge in [0.2, 0.25) is 5.91 Å². The predicted octanol–water partition coefficient (Wildman–Crippen LogP) is 3.94. The Morgan fingerprint density at radius 1 is 0.933 bits per heavy atom. The van der Waals surface area contributed by atoms with Gasteiger partial charge in [-0.15, -0.1) is 0 Å². The maximum atomic E-state index is 12.5. The first-order chi connectivity index (χ1) is 14.2. The van der Waals surface area contributed by atoms with E-state index in [4.69, 9.17) is 4.74 Å². The number of ether oxygens (including phenoxy) is 1. The van der Waals surface area contributed by atoms with E-state index >= 15 is 0 Å². The molecule has 0 spiro atoms. The van der Waals surface area contributed by atoms with Crippen LogP contribution in [0.3, 0.4) is 0 Å². The molecule has 0 radical (unpaired) electrons. The van der Waals surface area contributed by atoms with Gasteiger partial charge in [-0.05, 0) is 55.3 Å². The van der Waals surface area contributed by atoms with Crippen molar-refractivity contribution in [3.63, 3.8) is 0 Å². The number of rotatable bonds is 8. The molecule has 0 heterocycles. The number of carboxylic acid groups (broad SMARTS) is 1. The van der Waals surface area contributed by atoms with E-state index in [2.05, 4.69) is 10.6 Å². The monoisotopic (exact) mass is 412 g/mol. The molecule has 0 aromatic heterocycles. The first-order valence-electron chi connectivity index (χ1n) is 9.53. The third-order valence-electron chi connectivity index (χ3n) is 4.49. The summed E-state index contributed by atoms with van der Waals surface area (Å²) in [5.74, 6) is -2.63. The number of benzene rings is 2. The number of esters is 1. The number of nitrogens with one attached hydrogen (secondary N) is 2. The lowest BCUT2D eigenvalue weighted by Crippen LogP contribution is -2.21. The van der Waals surface area contributed by atoms with E-state index in [0.717, 1.165) is 19.8 Å². The van der Waals surface area contributed by atoms with Gasteiger partial charge in [-0.25, -0.2) is 4.79 Å². The topological polar surface area (TPSA) is 122 Å². The third kappa shape index (κ3) is 5.91. The molecule has 0 fully saturated rings. The molecular weight excluding hydrogens is 388 g/mol. The Bertz CT molecular complexity index is 949. The SMILES string of the molecule is CCC(CC)C(=O)Nc1ccc(C(=O)Nc2ccc(OC(C)=O)c(C(=O)O)c2)cc1. The summed E-state index contributed by atoms with van der Waals surface area (Å²) in [4.78, 5) is 47.1. The molecule has 8 nitrogen and oxygen atoms in total. The molecule has 2 amide bonds. The third-order valence-corrected chi connectivity index (χ3v) is 4.49. The van der Waals surface area contributed by atoms with Gasteiger partial charge in [0.1, 0.15) is 11.3 Å². The maximum absolute atomic E-state index is 12.5. The van der Waals surface area contributed by atoms with Gasteiger partial charge in [0.15, 0.2) is 0 Å². The molecule has 0 bridgehead atoms. The van der Waals surface area contributed by atoms with Crippen LogP contribution in [0, 0.1) is 5.92 Å². The van der Waals surface area contributed by atoms with Crippen LogP contribution in [0.5, 0.6) is 5.75 Å². The molecule has 0 aliphatic carbocycles. The summed E-state index contributed by atoms with van der Waals surface area (Å²) in [6, 6.07) is 10.3. The highest BCUT2D eigenvalue weighted by atomic mass is 16.5. The first-order valence-corrected chi connectivity index (χ1v) is 9.53. The number of carboxylic acids is 1. The fourth-order valence-corrected chi connectivity index (χ4v) is 2.83. The molecule has 2 aromatic carbocycles. The molecule has 2 aromatic rings. The second-order valence-electron chi connectivity index (χ2n) is 6.64. The van der Waals surface area contributed by atoms with Crippen LogP contribution in [0.1, 0.15) is 54.3 Å². The lowest BCUT2D eigenvalue weighted by atomic mass is 10.0. The van der Waals surface area contributed by atoms with Crippen molar-refractivity contribution in [3.8, 4) is 5.75 Å². The van der Waals surface area contributed by atoms with Crippen molar-refractivity contribution in [1.29, 1.82) is 0 Å². The van der Waals surface area contributed by atoms with Gasteiger partial charge < -0.3 is 20.5 Å². The maximum Gasteiger partial charge on any atom is 0.339 e. The van der Waals surface area contributed by atoms with Gasteiger partial charge in [0.05, 0.1) is 0 Å².